The van der Waals surface area contributed by atoms with Gasteiger partial charge in [-0.15, -0.1) is 0 Å². The van der Waals surface area contributed by atoms with E-state index in [-0.39, 0.29) is 11.4 Å². The molecule has 0 aliphatic carbocycles. The molecular formula is C19H26O4. The van der Waals surface area contributed by atoms with E-state index in [1.807, 2.05) is 0 Å². The summed E-state index contributed by atoms with van der Waals surface area (Å²) in [6.07, 6.45) is 17.3. The molecule has 0 N–H and O–H groups in total. The summed E-state index contributed by atoms with van der Waals surface area (Å²) in [6, 6.07) is 0. The Hall–Kier alpha value is -2.23. The number of Topliss-reactive ketones (excluding diaryl/α,β-unsaturated/α-hetero) is 1. The Morgan fingerprint density at radius 3 is 2.22 bits per heavy atom. The summed E-state index contributed by atoms with van der Waals surface area (Å²) < 4.78 is 4.44. The predicted molar refractivity (Wildman–Crippen MR) is 92.0 cm³/mol. The standard InChI is InChI=1S/C19H26O4/c1-3-4-5-7-11-14-18(21)17(16-20)13-10-8-6-9-12-15-19(22)23-2/h6,8-10,12-13,15-16H,3-5,7,11,14H2,1-2H3/b9-6+,10-8+,15-12+,17-13+. The van der Waals surface area contributed by atoms with Crippen LogP contribution in [0.1, 0.15) is 45.4 Å². The molecule has 4 heteroatoms. The van der Waals surface area contributed by atoms with Crippen molar-refractivity contribution in [1.29, 1.82) is 0 Å². The van der Waals surface area contributed by atoms with Gasteiger partial charge in [-0.3, -0.25) is 9.59 Å². The molecule has 0 aliphatic rings. The van der Waals surface area contributed by atoms with Crippen LogP contribution in [-0.4, -0.2) is 25.1 Å². The van der Waals surface area contributed by atoms with E-state index in [0.29, 0.717) is 12.7 Å². The Morgan fingerprint density at radius 2 is 1.57 bits per heavy atom. The Bertz CT molecular complexity index is 482. The van der Waals surface area contributed by atoms with Crippen molar-refractivity contribution in [2.45, 2.75) is 45.4 Å². The van der Waals surface area contributed by atoms with E-state index in [1.165, 1.54) is 32.1 Å². The minimum Gasteiger partial charge on any atom is -0.466 e. The Balaban J connectivity index is 4.24. The topological polar surface area (TPSA) is 60.4 Å². The van der Waals surface area contributed by atoms with Gasteiger partial charge in [-0.05, 0) is 12.5 Å². The van der Waals surface area contributed by atoms with Gasteiger partial charge in [0.15, 0.2) is 12.1 Å². The number of esters is 1. The molecule has 126 valence electrons. The van der Waals surface area contributed by atoms with E-state index >= 15 is 0 Å². The third-order valence-electron chi connectivity index (χ3n) is 3.11. The first-order valence-corrected chi connectivity index (χ1v) is 7.93. The molecule has 0 heterocycles. The van der Waals surface area contributed by atoms with E-state index < -0.39 is 5.97 Å². The van der Waals surface area contributed by atoms with Gasteiger partial charge in [-0.1, -0.05) is 63.0 Å². The predicted octanol–water partition coefficient (Wildman–Crippen LogP) is 3.88. The van der Waals surface area contributed by atoms with Crippen molar-refractivity contribution in [2.24, 2.45) is 0 Å². The second-order valence-corrected chi connectivity index (χ2v) is 4.98. The molecule has 0 rings (SSSR count). The smallest absolute Gasteiger partial charge is 0.330 e. The average molecular weight is 318 g/mol. The van der Waals surface area contributed by atoms with Gasteiger partial charge < -0.3 is 4.74 Å². The van der Waals surface area contributed by atoms with E-state index in [2.05, 4.69) is 11.7 Å². The fourth-order valence-electron chi connectivity index (χ4n) is 1.79. The van der Waals surface area contributed by atoms with Crippen LogP contribution in [0.15, 0.2) is 48.1 Å². The van der Waals surface area contributed by atoms with Crippen LogP contribution in [0.2, 0.25) is 0 Å². The quantitative estimate of drug-likeness (QED) is 0.104. The number of hydrogen-bond acceptors (Lipinski definition) is 4. The summed E-state index contributed by atoms with van der Waals surface area (Å²) in [5, 5.41) is 0. The fourth-order valence-corrected chi connectivity index (χ4v) is 1.79. The molecule has 0 aromatic carbocycles. The third-order valence-corrected chi connectivity index (χ3v) is 3.11. The van der Waals surface area contributed by atoms with E-state index in [9.17, 15) is 14.4 Å². The number of unbranched alkanes of at least 4 members (excludes halogenated alkanes) is 4. The molecule has 0 atom stereocenters. The van der Waals surface area contributed by atoms with Crippen molar-refractivity contribution >= 4 is 18.0 Å². The molecule has 0 amide bonds. The number of ketones is 1. The van der Waals surface area contributed by atoms with Crippen LogP contribution in [0, 0.1) is 0 Å². The minimum absolute atomic E-state index is 0.115. The van der Waals surface area contributed by atoms with Crippen LogP contribution in [0.5, 0.6) is 0 Å². The van der Waals surface area contributed by atoms with Crippen LogP contribution < -0.4 is 0 Å². The molecule has 4 nitrogen and oxygen atoms in total. The van der Waals surface area contributed by atoms with Gasteiger partial charge in [0.2, 0.25) is 0 Å². The second kappa shape index (κ2) is 14.7. The molecule has 0 saturated carbocycles. The van der Waals surface area contributed by atoms with E-state index in [0.717, 1.165) is 19.3 Å². The van der Waals surface area contributed by atoms with Gasteiger partial charge in [0.25, 0.3) is 0 Å². The maximum absolute atomic E-state index is 11.9. The zero-order valence-corrected chi connectivity index (χ0v) is 14.0. The van der Waals surface area contributed by atoms with Crippen LogP contribution in [0.3, 0.4) is 0 Å². The summed E-state index contributed by atoms with van der Waals surface area (Å²) in [7, 11) is 1.31. The average Bonchev–Trinajstić information content (AvgIpc) is 2.56. The lowest BCUT2D eigenvalue weighted by molar-refractivity contribution is -0.134. The SMILES string of the molecule is CCCCCCCC(=O)/C(C=O)=C/C=C/C=C/C=C/C(=O)OC. The lowest BCUT2D eigenvalue weighted by Gasteiger charge is -2.00. The third kappa shape index (κ3) is 12.0. The van der Waals surface area contributed by atoms with Crippen molar-refractivity contribution in [2.75, 3.05) is 7.11 Å². The zero-order valence-electron chi connectivity index (χ0n) is 14.0. The highest BCUT2D eigenvalue weighted by molar-refractivity contribution is 6.11. The van der Waals surface area contributed by atoms with Crippen LogP contribution >= 0.6 is 0 Å². The van der Waals surface area contributed by atoms with Crippen LogP contribution in [0.4, 0.5) is 0 Å². The van der Waals surface area contributed by atoms with Gasteiger partial charge in [-0.25, -0.2) is 4.79 Å². The second-order valence-electron chi connectivity index (χ2n) is 4.98. The number of ether oxygens (including phenoxy) is 1. The zero-order chi connectivity index (χ0) is 17.3. The highest BCUT2D eigenvalue weighted by Crippen LogP contribution is 2.08. The summed E-state index contributed by atoms with van der Waals surface area (Å²) >= 11 is 0. The molecule has 0 radical (unpaired) electrons. The van der Waals surface area contributed by atoms with Crippen LogP contribution in [0.25, 0.3) is 0 Å². The molecular weight excluding hydrogens is 292 g/mol. The number of carbonyl (C=O) groups excluding carboxylic acids is 3. The van der Waals surface area contributed by atoms with Crippen LogP contribution in [-0.2, 0) is 19.1 Å². The first kappa shape index (κ1) is 20.8. The molecule has 0 saturated heterocycles. The lowest BCUT2D eigenvalue weighted by Crippen LogP contribution is -2.03. The van der Waals surface area contributed by atoms with Crippen molar-refractivity contribution < 1.29 is 19.1 Å². The maximum atomic E-state index is 11.9. The largest absolute Gasteiger partial charge is 0.466 e. The van der Waals surface area contributed by atoms with E-state index in [4.69, 9.17) is 0 Å². The first-order valence-electron chi connectivity index (χ1n) is 7.93. The Morgan fingerprint density at radius 1 is 0.913 bits per heavy atom. The minimum atomic E-state index is -0.425. The fraction of sp³-hybridized carbons (Fsp3) is 0.421. The highest BCUT2D eigenvalue weighted by atomic mass is 16.5. The maximum Gasteiger partial charge on any atom is 0.330 e. The number of hydrogen-bond donors (Lipinski definition) is 0. The van der Waals surface area contributed by atoms with Crippen molar-refractivity contribution in [3.05, 3.63) is 48.1 Å². The van der Waals surface area contributed by atoms with Gasteiger partial charge in [0, 0.05) is 12.5 Å². The molecule has 0 spiro atoms. The van der Waals surface area contributed by atoms with Gasteiger partial charge in [0.1, 0.15) is 0 Å². The van der Waals surface area contributed by atoms with Crippen molar-refractivity contribution in [3.8, 4) is 0 Å². The van der Waals surface area contributed by atoms with Crippen molar-refractivity contribution in [1.82, 2.24) is 0 Å². The monoisotopic (exact) mass is 318 g/mol. The van der Waals surface area contributed by atoms with Gasteiger partial charge in [0.05, 0.1) is 12.7 Å². The molecule has 0 aromatic heterocycles. The first-order chi connectivity index (χ1) is 11.2. The number of rotatable bonds is 12. The molecule has 0 bridgehead atoms. The molecule has 0 aliphatic heterocycles. The normalized spacial score (nSPS) is 12.3. The number of carbonyl (C=O) groups is 3. The summed E-state index contributed by atoms with van der Waals surface area (Å²) in [5.41, 5.74) is 0.190. The molecule has 0 unspecified atom stereocenters. The highest BCUT2D eigenvalue weighted by Gasteiger charge is 2.06. The number of aldehydes is 1. The summed E-state index contributed by atoms with van der Waals surface area (Å²) in [4.78, 5) is 33.6. The lowest BCUT2D eigenvalue weighted by atomic mass is 10.0. The van der Waals surface area contributed by atoms with Gasteiger partial charge >= 0.3 is 5.97 Å². The summed E-state index contributed by atoms with van der Waals surface area (Å²) in [6.45, 7) is 2.14. The Kier molecular flexibility index (Phi) is 13.3. The molecule has 0 fully saturated rings. The van der Waals surface area contributed by atoms with Gasteiger partial charge in [-0.2, -0.15) is 0 Å². The Labute approximate surface area is 138 Å². The number of allylic oxidation sites excluding steroid dienone is 7. The van der Waals surface area contributed by atoms with Crippen molar-refractivity contribution in [3.63, 3.8) is 0 Å². The molecule has 23 heavy (non-hydrogen) atoms. The molecule has 0 aromatic rings. The summed E-state index contributed by atoms with van der Waals surface area (Å²) in [5.74, 6) is -0.540. The van der Waals surface area contributed by atoms with E-state index in [1.54, 1.807) is 30.4 Å². The number of methoxy groups -OCH3 is 1.